The Hall–Kier alpha value is -1.29. The average molecular weight is 559 g/mol. The maximum atomic E-state index is 13.8. The van der Waals surface area contributed by atoms with E-state index in [1.54, 1.807) is 24.8 Å². The van der Waals surface area contributed by atoms with Crippen LogP contribution in [0, 0.1) is 18.8 Å². The van der Waals surface area contributed by atoms with Crippen LogP contribution in [0.25, 0.3) is 0 Å². The Morgan fingerprint density at radius 1 is 1.39 bits per heavy atom. The van der Waals surface area contributed by atoms with Gasteiger partial charge in [-0.15, -0.1) is 11.8 Å². The van der Waals surface area contributed by atoms with Crippen molar-refractivity contribution in [3.63, 3.8) is 0 Å². The molecule has 3 aliphatic rings. The van der Waals surface area contributed by atoms with E-state index in [1.807, 2.05) is 26.0 Å². The van der Waals surface area contributed by atoms with Crippen molar-refractivity contribution in [2.24, 2.45) is 11.8 Å². The third-order valence-corrected chi connectivity index (χ3v) is 10.6. The number of carbonyl (C=O) groups is 3. The van der Waals surface area contributed by atoms with Crippen molar-refractivity contribution >= 4 is 62.7 Å². The van der Waals surface area contributed by atoms with Gasteiger partial charge in [-0.2, -0.15) is 0 Å². The van der Waals surface area contributed by atoms with Gasteiger partial charge >= 0.3 is 0 Å². The molecule has 1 aromatic rings. The van der Waals surface area contributed by atoms with Crippen LogP contribution in [-0.2, 0) is 14.4 Å². The number of rotatable bonds is 7. The SMILES string of the molecule is CCCNC(=O)[C@H]1[C@H]2C(=O)N([C@H](C)CO)C(C(=O)Nc3c(C)cccc3Cl)C23CC(Br)[C@@H]1S3. The minimum absolute atomic E-state index is 0.00524. The molecule has 0 radical (unpaired) electrons. The molecule has 10 heteroatoms. The van der Waals surface area contributed by atoms with Crippen molar-refractivity contribution in [3.05, 3.63) is 28.8 Å². The fourth-order valence-electron chi connectivity index (χ4n) is 5.58. The molecule has 0 aromatic heterocycles. The lowest BCUT2D eigenvalue weighted by Gasteiger charge is -2.36. The van der Waals surface area contributed by atoms with Gasteiger partial charge in [0.1, 0.15) is 6.04 Å². The van der Waals surface area contributed by atoms with E-state index in [-0.39, 0.29) is 34.4 Å². The molecular weight excluding hydrogens is 530 g/mol. The lowest BCUT2D eigenvalue weighted by Crippen LogP contribution is -2.55. The monoisotopic (exact) mass is 557 g/mol. The number of amides is 3. The number of hydrogen-bond donors (Lipinski definition) is 3. The van der Waals surface area contributed by atoms with Crippen molar-refractivity contribution in [3.8, 4) is 0 Å². The first-order chi connectivity index (χ1) is 15.7. The van der Waals surface area contributed by atoms with Crippen molar-refractivity contribution in [1.29, 1.82) is 0 Å². The minimum Gasteiger partial charge on any atom is -0.394 e. The molecule has 3 amide bonds. The van der Waals surface area contributed by atoms with Gasteiger partial charge in [0.05, 0.1) is 39.9 Å². The van der Waals surface area contributed by atoms with Crippen molar-refractivity contribution in [2.45, 2.75) is 60.5 Å². The molecule has 3 N–H and O–H groups in total. The summed E-state index contributed by atoms with van der Waals surface area (Å²) < 4.78 is -0.757. The number of anilines is 1. The topological polar surface area (TPSA) is 98.7 Å². The van der Waals surface area contributed by atoms with E-state index in [0.717, 1.165) is 12.0 Å². The number of thioether (sulfide) groups is 1. The molecule has 33 heavy (non-hydrogen) atoms. The Bertz CT molecular complexity index is 961. The Kier molecular flexibility index (Phi) is 7.07. The molecule has 4 rings (SSSR count). The maximum absolute atomic E-state index is 13.8. The summed E-state index contributed by atoms with van der Waals surface area (Å²) in [6, 6.07) is 3.98. The standard InChI is InChI=1S/C23H29BrClN3O4S/c1-4-8-26-20(30)15-16-22(32)28(12(3)10-29)19(23(16)9-13(24)18(15)33-23)21(31)27-17-11(2)6-5-7-14(17)25/h5-7,12-13,15-16,18-19,29H,4,8-10H2,1-3H3,(H,26,30)(H,27,31)/t12-,13?,15+,16+,18+,19?,23?/m1/s1. The molecule has 0 saturated carbocycles. The quantitative estimate of drug-likeness (QED) is 0.447. The van der Waals surface area contributed by atoms with E-state index in [2.05, 4.69) is 26.6 Å². The van der Waals surface area contributed by atoms with Crippen LogP contribution in [0.1, 0.15) is 32.3 Å². The zero-order valence-corrected chi connectivity index (χ0v) is 22.0. The fraction of sp³-hybridized carbons (Fsp3) is 0.609. The summed E-state index contributed by atoms with van der Waals surface area (Å²) in [7, 11) is 0. The summed E-state index contributed by atoms with van der Waals surface area (Å²) in [5.41, 5.74) is 1.33. The zero-order chi connectivity index (χ0) is 24.1. The first-order valence-corrected chi connectivity index (χ1v) is 13.4. The van der Waals surface area contributed by atoms with Crippen LogP contribution in [0.15, 0.2) is 18.2 Å². The molecule has 3 saturated heterocycles. The highest BCUT2D eigenvalue weighted by molar-refractivity contribution is 9.09. The Morgan fingerprint density at radius 3 is 2.76 bits per heavy atom. The molecule has 2 bridgehead atoms. The third kappa shape index (κ3) is 3.89. The summed E-state index contributed by atoms with van der Waals surface area (Å²) in [5.74, 6) is -1.86. The highest BCUT2D eigenvalue weighted by Crippen LogP contribution is 2.68. The van der Waals surface area contributed by atoms with Crippen LogP contribution in [0.4, 0.5) is 5.69 Å². The summed E-state index contributed by atoms with van der Waals surface area (Å²) in [5, 5.41) is 16.2. The van der Waals surface area contributed by atoms with Crippen molar-refractivity contribution in [1.82, 2.24) is 10.2 Å². The number of fused-ring (bicyclic) bond motifs is 1. The van der Waals surface area contributed by atoms with E-state index in [4.69, 9.17) is 11.6 Å². The lowest BCUT2D eigenvalue weighted by molar-refractivity contribution is -0.141. The van der Waals surface area contributed by atoms with Crippen LogP contribution < -0.4 is 10.6 Å². The van der Waals surface area contributed by atoms with Gasteiger partial charge in [0.15, 0.2) is 0 Å². The van der Waals surface area contributed by atoms with Crippen LogP contribution in [0.2, 0.25) is 5.02 Å². The van der Waals surface area contributed by atoms with E-state index < -0.39 is 28.7 Å². The van der Waals surface area contributed by atoms with E-state index >= 15 is 0 Å². The van der Waals surface area contributed by atoms with Crippen LogP contribution >= 0.6 is 39.3 Å². The van der Waals surface area contributed by atoms with Gasteiger partial charge in [-0.05, 0) is 38.3 Å². The van der Waals surface area contributed by atoms with E-state index in [9.17, 15) is 19.5 Å². The number of likely N-dealkylation sites (tertiary alicyclic amines) is 1. The molecule has 7 nitrogen and oxygen atoms in total. The van der Waals surface area contributed by atoms with Gasteiger partial charge in [0.25, 0.3) is 0 Å². The van der Waals surface area contributed by atoms with Gasteiger partial charge in [0.2, 0.25) is 17.7 Å². The molecule has 1 aromatic carbocycles. The number of aliphatic hydroxyl groups is 1. The molecule has 3 unspecified atom stereocenters. The largest absolute Gasteiger partial charge is 0.394 e. The molecule has 0 aliphatic carbocycles. The first-order valence-electron chi connectivity index (χ1n) is 11.3. The molecule has 7 atom stereocenters. The smallest absolute Gasteiger partial charge is 0.248 e. The second-order valence-corrected chi connectivity index (χ2v) is 12.3. The van der Waals surface area contributed by atoms with Crippen LogP contribution in [0.3, 0.4) is 0 Å². The number of para-hydroxylation sites is 1. The molecule has 3 heterocycles. The normalized spacial score (nSPS) is 33.2. The zero-order valence-electron chi connectivity index (χ0n) is 18.8. The first kappa shape index (κ1) is 24.8. The number of nitrogens with zero attached hydrogens (tertiary/aromatic N) is 1. The molecule has 180 valence electrons. The van der Waals surface area contributed by atoms with Gasteiger partial charge in [-0.3, -0.25) is 14.4 Å². The summed E-state index contributed by atoms with van der Waals surface area (Å²) >= 11 is 11.7. The third-order valence-electron chi connectivity index (χ3n) is 7.04. The van der Waals surface area contributed by atoms with Crippen molar-refractivity contribution in [2.75, 3.05) is 18.5 Å². The molecule has 3 fully saturated rings. The van der Waals surface area contributed by atoms with Crippen LogP contribution in [-0.4, -0.2) is 67.8 Å². The number of hydrogen-bond acceptors (Lipinski definition) is 5. The number of carbonyl (C=O) groups excluding carboxylic acids is 3. The van der Waals surface area contributed by atoms with Gasteiger partial charge < -0.3 is 20.6 Å². The van der Waals surface area contributed by atoms with E-state index in [0.29, 0.717) is 23.7 Å². The summed E-state index contributed by atoms with van der Waals surface area (Å²) in [4.78, 5) is 42.2. The predicted octanol–water partition coefficient (Wildman–Crippen LogP) is 2.96. The minimum atomic E-state index is -0.827. The fourth-order valence-corrected chi connectivity index (χ4v) is 9.45. The Balaban J connectivity index is 1.75. The Labute approximate surface area is 211 Å². The second-order valence-electron chi connectivity index (χ2n) is 9.15. The summed E-state index contributed by atoms with van der Waals surface area (Å²) in [6.07, 6.45) is 1.39. The maximum Gasteiger partial charge on any atom is 0.248 e. The summed E-state index contributed by atoms with van der Waals surface area (Å²) in [6.45, 7) is 5.83. The highest BCUT2D eigenvalue weighted by atomic mass is 79.9. The highest BCUT2D eigenvalue weighted by Gasteiger charge is 2.76. The predicted molar refractivity (Wildman–Crippen MR) is 134 cm³/mol. The number of aryl methyl sites for hydroxylation is 1. The van der Waals surface area contributed by atoms with Gasteiger partial charge in [-0.1, -0.05) is 46.6 Å². The lowest BCUT2D eigenvalue weighted by atomic mass is 9.70. The molecule has 3 aliphatic heterocycles. The van der Waals surface area contributed by atoms with Crippen molar-refractivity contribution < 1.29 is 19.5 Å². The number of benzene rings is 1. The number of nitrogens with one attached hydrogen (secondary N) is 2. The van der Waals surface area contributed by atoms with Gasteiger partial charge in [-0.25, -0.2) is 0 Å². The number of aliphatic hydroxyl groups excluding tert-OH is 1. The Morgan fingerprint density at radius 2 is 2.12 bits per heavy atom. The van der Waals surface area contributed by atoms with Gasteiger partial charge in [0, 0.05) is 16.6 Å². The number of alkyl halides is 1. The second kappa shape index (κ2) is 9.40. The van der Waals surface area contributed by atoms with E-state index in [1.165, 1.54) is 4.90 Å². The average Bonchev–Trinajstić information content (AvgIpc) is 3.37. The number of halogens is 2. The molecule has 1 spiro atoms. The van der Waals surface area contributed by atoms with Crippen LogP contribution in [0.5, 0.6) is 0 Å². The molecular formula is C23H29BrClN3O4S.